The molecule has 1 aliphatic carbocycles. The van der Waals surface area contributed by atoms with Crippen LogP contribution in [0, 0.1) is 0 Å². The number of ether oxygens (including phenoxy) is 3. The van der Waals surface area contributed by atoms with Gasteiger partial charge in [-0.3, -0.25) is 4.79 Å². The Morgan fingerprint density at radius 1 is 1.10 bits per heavy atom. The lowest BCUT2D eigenvalue weighted by Crippen LogP contribution is -2.37. The maximum absolute atomic E-state index is 11.7. The summed E-state index contributed by atoms with van der Waals surface area (Å²) in [5.41, 5.74) is 4.53. The molecule has 0 N–H and O–H groups in total. The Hall–Kier alpha value is -3.13. The number of esters is 1. The van der Waals surface area contributed by atoms with E-state index in [1.54, 1.807) is 6.92 Å². The van der Waals surface area contributed by atoms with Crippen LogP contribution in [0.1, 0.15) is 61.8 Å². The third kappa shape index (κ3) is 7.50. The molecule has 2 atom stereocenters. The zero-order valence-corrected chi connectivity index (χ0v) is 24.0. The Balaban J connectivity index is 1.39. The van der Waals surface area contributed by atoms with Crippen molar-refractivity contribution < 1.29 is 27.4 Å². The highest BCUT2D eigenvalue weighted by atomic mass is 32.2. The van der Waals surface area contributed by atoms with Crippen molar-refractivity contribution in [2.75, 3.05) is 25.2 Å². The number of hydrogen-bond donors (Lipinski definition) is 0. The van der Waals surface area contributed by atoms with Crippen LogP contribution in [0.5, 0.6) is 5.75 Å². The molecular formula is C31H39NO6S. The molecule has 0 aromatic heterocycles. The lowest BCUT2D eigenvalue weighted by molar-refractivity contribution is -0.140. The molecule has 210 valence electrons. The average Bonchev–Trinajstić information content (AvgIpc) is 3.09. The number of methoxy groups -OCH3 is 1. The van der Waals surface area contributed by atoms with Crippen LogP contribution in [0.3, 0.4) is 0 Å². The van der Waals surface area contributed by atoms with Gasteiger partial charge in [0, 0.05) is 17.6 Å². The number of fused-ring (bicyclic) bond motifs is 3. The van der Waals surface area contributed by atoms with Gasteiger partial charge in [-0.05, 0) is 79.5 Å². The molecule has 0 saturated carbocycles. The zero-order chi connectivity index (χ0) is 27.9. The van der Waals surface area contributed by atoms with Crippen LogP contribution in [0.25, 0.3) is 0 Å². The second-order valence-electron chi connectivity index (χ2n) is 10.4. The van der Waals surface area contributed by atoms with E-state index in [4.69, 9.17) is 19.2 Å². The molecule has 0 fully saturated rings. The number of carbonyl (C=O) groups excluding carboxylic acids is 1. The van der Waals surface area contributed by atoms with E-state index < -0.39 is 9.84 Å². The minimum absolute atomic E-state index is 0.0619. The molecule has 8 heteroatoms. The van der Waals surface area contributed by atoms with Gasteiger partial charge in [0.05, 0.1) is 25.5 Å². The molecule has 2 aromatic carbocycles. The topological polar surface area (TPSA) is 91.3 Å². The predicted molar refractivity (Wildman–Crippen MR) is 153 cm³/mol. The van der Waals surface area contributed by atoms with E-state index in [-0.39, 0.29) is 28.9 Å². The SMILES string of the molecule is CCS(=O)(=O)CCCOC1=NC2CCCc3ccc(COc4ccc(CCC(=O)OC)cc4)cc3C2(C)C=C1. The Morgan fingerprint density at radius 2 is 1.87 bits per heavy atom. The number of rotatable bonds is 11. The Labute approximate surface area is 232 Å². The van der Waals surface area contributed by atoms with Gasteiger partial charge in [-0.25, -0.2) is 13.4 Å². The normalized spacial score (nSPS) is 20.3. The van der Waals surface area contributed by atoms with Crippen LogP contribution in [0.2, 0.25) is 0 Å². The van der Waals surface area contributed by atoms with E-state index in [0.717, 1.165) is 36.1 Å². The van der Waals surface area contributed by atoms with E-state index in [1.165, 1.54) is 18.2 Å². The van der Waals surface area contributed by atoms with Gasteiger partial charge in [0.25, 0.3) is 0 Å². The third-order valence-corrected chi connectivity index (χ3v) is 9.48. The standard InChI is InChI=1S/C31H39NO6S/c1-4-39(34,35)20-6-19-37-29-17-18-31(2)27-21-24(9-13-25(27)7-5-8-28(31)32-29)22-38-26-14-10-23(11-15-26)12-16-30(33)36-3/h9-11,13-15,17-18,21,28H,4-8,12,16,19-20,22H2,1-3H3. The van der Waals surface area contributed by atoms with Crippen molar-refractivity contribution in [3.63, 3.8) is 0 Å². The van der Waals surface area contributed by atoms with Gasteiger partial charge in [0.1, 0.15) is 22.2 Å². The lowest BCUT2D eigenvalue weighted by Gasteiger charge is -2.36. The molecule has 39 heavy (non-hydrogen) atoms. The van der Waals surface area contributed by atoms with Crippen molar-refractivity contribution in [3.8, 4) is 5.75 Å². The molecular weight excluding hydrogens is 514 g/mol. The molecule has 0 radical (unpaired) electrons. The van der Waals surface area contributed by atoms with Gasteiger partial charge >= 0.3 is 5.97 Å². The Morgan fingerprint density at radius 3 is 2.62 bits per heavy atom. The van der Waals surface area contributed by atoms with E-state index in [0.29, 0.717) is 38.4 Å². The molecule has 2 aliphatic rings. The summed E-state index contributed by atoms with van der Waals surface area (Å²) in [6.45, 7) is 4.71. The first-order chi connectivity index (χ1) is 18.7. The molecule has 7 nitrogen and oxygen atoms in total. The van der Waals surface area contributed by atoms with Crippen LogP contribution in [0.15, 0.2) is 59.6 Å². The largest absolute Gasteiger partial charge is 0.489 e. The number of dihydropyridines is 1. The second-order valence-corrected chi connectivity index (χ2v) is 12.9. The molecule has 0 bridgehead atoms. The number of benzene rings is 2. The van der Waals surface area contributed by atoms with Gasteiger partial charge in [-0.2, -0.15) is 0 Å². The smallest absolute Gasteiger partial charge is 0.305 e. The number of sulfone groups is 1. The quantitative estimate of drug-likeness (QED) is 0.283. The molecule has 2 aromatic rings. The Kier molecular flexibility index (Phi) is 9.49. The molecule has 4 rings (SSSR count). The van der Waals surface area contributed by atoms with Crippen LogP contribution >= 0.6 is 0 Å². The zero-order valence-electron chi connectivity index (χ0n) is 23.1. The third-order valence-electron chi connectivity index (χ3n) is 7.69. The van der Waals surface area contributed by atoms with Crippen molar-refractivity contribution in [3.05, 3.63) is 76.9 Å². The minimum Gasteiger partial charge on any atom is -0.489 e. The minimum atomic E-state index is -2.99. The van der Waals surface area contributed by atoms with Gasteiger partial charge in [0.15, 0.2) is 0 Å². The number of aliphatic imine (C=N–C) groups is 1. The van der Waals surface area contributed by atoms with Crippen molar-refractivity contribution in [1.29, 1.82) is 0 Å². The number of aryl methyl sites for hydroxylation is 2. The summed E-state index contributed by atoms with van der Waals surface area (Å²) in [5, 5.41) is 0. The molecule has 0 amide bonds. The summed E-state index contributed by atoms with van der Waals surface area (Å²) in [6.07, 6.45) is 8.61. The first-order valence-corrected chi connectivity index (χ1v) is 15.6. The first kappa shape index (κ1) is 28.9. The number of carbonyl (C=O) groups is 1. The molecule has 2 unspecified atom stereocenters. The van der Waals surface area contributed by atoms with E-state index in [2.05, 4.69) is 31.2 Å². The van der Waals surface area contributed by atoms with Gasteiger partial charge in [-0.15, -0.1) is 0 Å². The highest BCUT2D eigenvalue weighted by molar-refractivity contribution is 7.91. The first-order valence-electron chi connectivity index (χ1n) is 13.7. The van der Waals surface area contributed by atoms with Crippen molar-refractivity contribution in [2.45, 2.75) is 70.4 Å². The summed E-state index contributed by atoms with van der Waals surface area (Å²) in [7, 11) is -1.59. The fraction of sp³-hybridized carbons (Fsp3) is 0.484. The van der Waals surface area contributed by atoms with E-state index in [1.807, 2.05) is 30.3 Å². The van der Waals surface area contributed by atoms with Crippen LogP contribution in [-0.2, 0) is 49.0 Å². The van der Waals surface area contributed by atoms with Crippen molar-refractivity contribution >= 4 is 21.7 Å². The molecule has 0 spiro atoms. The molecule has 0 saturated heterocycles. The summed E-state index contributed by atoms with van der Waals surface area (Å²) < 4.78 is 40.1. The van der Waals surface area contributed by atoms with Crippen molar-refractivity contribution in [1.82, 2.24) is 0 Å². The molecule has 1 heterocycles. The summed E-state index contributed by atoms with van der Waals surface area (Å²) in [6, 6.07) is 14.5. The van der Waals surface area contributed by atoms with Crippen LogP contribution in [0.4, 0.5) is 0 Å². The number of hydrogen-bond acceptors (Lipinski definition) is 7. The summed E-state index contributed by atoms with van der Waals surface area (Å²) in [5.74, 6) is 1.46. The molecule has 1 aliphatic heterocycles. The second kappa shape index (κ2) is 12.8. The van der Waals surface area contributed by atoms with Gasteiger partial charge in [0.2, 0.25) is 5.90 Å². The lowest BCUT2D eigenvalue weighted by atomic mass is 9.73. The van der Waals surface area contributed by atoms with Crippen molar-refractivity contribution in [2.24, 2.45) is 4.99 Å². The fourth-order valence-electron chi connectivity index (χ4n) is 5.19. The van der Waals surface area contributed by atoms with Crippen LogP contribution < -0.4 is 4.74 Å². The maximum atomic E-state index is 11.7. The number of nitrogens with zero attached hydrogens (tertiary/aromatic N) is 1. The van der Waals surface area contributed by atoms with E-state index in [9.17, 15) is 13.2 Å². The van der Waals surface area contributed by atoms with E-state index >= 15 is 0 Å². The maximum Gasteiger partial charge on any atom is 0.305 e. The monoisotopic (exact) mass is 553 g/mol. The Bertz CT molecular complexity index is 1320. The highest BCUT2D eigenvalue weighted by Crippen LogP contribution is 2.41. The average molecular weight is 554 g/mol. The predicted octanol–water partition coefficient (Wildman–Crippen LogP) is 5.14. The fourth-order valence-corrected chi connectivity index (χ4v) is 6.04. The summed E-state index contributed by atoms with van der Waals surface area (Å²) in [4.78, 5) is 16.3. The summed E-state index contributed by atoms with van der Waals surface area (Å²) >= 11 is 0. The highest BCUT2D eigenvalue weighted by Gasteiger charge is 2.39. The van der Waals surface area contributed by atoms with Gasteiger partial charge < -0.3 is 14.2 Å². The van der Waals surface area contributed by atoms with Crippen LogP contribution in [-0.4, -0.2) is 51.5 Å². The van der Waals surface area contributed by atoms with Gasteiger partial charge in [-0.1, -0.05) is 43.3 Å².